The van der Waals surface area contributed by atoms with Crippen molar-refractivity contribution in [2.24, 2.45) is 16.7 Å². The number of amides is 1. The number of sulfonamides is 1. The highest BCUT2D eigenvalue weighted by atomic mass is 32.2. The summed E-state index contributed by atoms with van der Waals surface area (Å²) in [6.45, 7) is 11.3. The molecular weight excluding hydrogens is 508 g/mol. The second-order valence-electron chi connectivity index (χ2n) is 11.9. The highest BCUT2D eigenvalue weighted by Gasteiger charge is 2.47. The fourth-order valence-electron chi connectivity index (χ4n) is 5.87. The van der Waals surface area contributed by atoms with Gasteiger partial charge in [0.2, 0.25) is 15.9 Å². The molecule has 4 rings (SSSR count). The van der Waals surface area contributed by atoms with Crippen LogP contribution in [0.2, 0.25) is 0 Å². The van der Waals surface area contributed by atoms with E-state index in [9.17, 15) is 13.2 Å². The third-order valence-corrected chi connectivity index (χ3v) is 10.2. The zero-order valence-electron chi connectivity index (χ0n) is 22.6. The van der Waals surface area contributed by atoms with Crippen molar-refractivity contribution in [2.45, 2.75) is 47.0 Å². The molecule has 1 spiro atoms. The van der Waals surface area contributed by atoms with E-state index < -0.39 is 10.0 Å². The van der Waals surface area contributed by atoms with Crippen molar-refractivity contribution in [2.75, 3.05) is 50.9 Å². The number of thiazole rings is 1. The topological polar surface area (TPSA) is 91.8 Å². The number of carbonyl (C=O) groups is 1. The maximum Gasteiger partial charge on any atom is 0.240 e. The van der Waals surface area contributed by atoms with Gasteiger partial charge in [-0.05, 0) is 73.4 Å². The molecule has 1 aromatic heterocycles. The van der Waals surface area contributed by atoms with Crippen molar-refractivity contribution in [3.05, 3.63) is 29.6 Å². The van der Waals surface area contributed by atoms with Crippen LogP contribution >= 0.6 is 11.3 Å². The predicted molar refractivity (Wildman–Crippen MR) is 149 cm³/mol. The van der Waals surface area contributed by atoms with Crippen LogP contribution in [0, 0.1) is 16.7 Å². The zero-order chi connectivity index (χ0) is 26.8. The van der Waals surface area contributed by atoms with Crippen LogP contribution < -0.4 is 10.1 Å². The molecule has 10 heteroatoms. The molecule has 0 saturated carbocycles. The first-order chi connectivity index (χ1) is 17.4. The van der Waals surface area contributed by atoms with Gasteiger partial charge in [-0.15, -0.1) is 11.3 Å². The number of nitrogens with one attached hydrogen (secondary N) is 1. The zero-order valence-corrected chi connectivity index (χ0v) is 24.3. The van der Waals surface area contributed by atoms with Gasteiger partial charge in [0, 0.05) is 24.0 Å². The summed E-state index contributed by atoms with van der Waals surface area (Å²) in [5.74, 6) is 1.02. The standard InChI is InChI=1S/C27H40N4O4S2/c1-20(2)16-37(33,34)31-18-26(3,4)17-27(19-31)10-12-30(13-11-27)14-24(32)29-25-28-23(15-36-25)21-6-8-22(35-5)9-7-21/h6-9,15,20H,10-14,16-19H2,1-5H3,(H,28,29,32). The fraction of sp³-hybridized carbons (Fsp3) is 0.630. The van der Waals surface area contributed by atoms with Gasteiger partial charge in [-0.3, -0.25) is 9.69 Å². The van der Waals surface area contributed by atoms with Gasteiger partial charge in [-0.1, -0.05) is 27.7 Å². The minimum atomic E-state index is -3.27. The van der Waals surface area contributed by atoms with Gasteiger partial charge in [0.1, 0.15) is 5.75 Å². The molecule has 0 bridgehead atoms. The van der Waals surface area contributed by atoms with Gasteiger partial charge in [-0.25, -0.2) is 17.7 Å². The Morgan fingerprint density at radius 3 is 2.46 bits per heavy atom. The van der Waals surface area contributed by atoms with Gasteiger partial charge in [0.25, 0.3) is 0 Å². The molecule has 0 aliphatic carbocycles. The molecule has 2 aromatic rings. The molecule has 0 radical (unpaired) electrons. The number of aromatic nitrogens is 1. The summed E-state index contributed by atoms with van der Waals surface area (Å²) in [5, 5.41) is 5.47. The normalized spacial score (nSPS) is 20.3. The van der Waals surface area contributed by atoms with Crippen LogP contribution in [0.1, 0.15) is 47.0 Å². The van der Waals surface area contributed by atoms with Crippen molar-refractivity contribution < 1.29 is 17.9 Å². The van der Waals surface area contributed by atoms with Crippen LogP contribution in [0.3, 0.4) is 0 Å². The first-order valence-electron chi connectivity index (χ1n) is 13.0. The lowest BCUT2D eigenvalue weighted by Gasteiger charge is -2.52. The Balaban J connectivity index is 1.32. The molecule has 37 heavy (non-hydrogen) atoms. The van der Waals surface area contributed by atoms with Crippen molar-refractivity contribution in [3.63, 3.8) is 0 Å². The van der Waals surface area contributed by atoms with Gasteiger partial charge in [0.15, 0.2) is 5.13 Å². The minimum Gasteiger partial charge on any atom is -0.497 e. The Hall–Kier alpha value is -2.01. The quantitative estimate of drug-likeness (QED) is 0.520. The molecular formula is C27H40N4O4S2. The Morgan fingerprint density at radius 2 is 1.84 bits per heavy atom. The molecule has 1 N–H and O–H groups in total. The van der Waals surface area contributed by atoms with E-state index in [1.165, 1.54) is 11.3 Å². The molecule has 3 heterocycles. The van der Waals surface area contributed by atoms with Crippen LogP contribution in [0.5, 0.6) is 5.75 Å². The summed E-state index contributed by atoms with van der Waals surface area (Å²) in [4.78, 5) is 19.5. The largest absolute Gasteiger partial charge is 0.497 e. The number of anilines is 1. The number of nitrogens with zero attached hydrogens (tertiary/aromatic N) is 3. The lowest BCUT2D eigenvalue weighted by Crippen LogP contribution is -2.56. The second kappa shape index (κ2) is 11.0. The average Bonchev–Trinajstić information content (AvgIpc) is 3.27. The minimum absolute atomic E-state index is 0.0264. The number of hydrogen-bond donors (Lipinski definition) is 1. The van der Waals surface area contributed by atoms with Gasteiger partial charge < -0.3 is 10.1 Å². The van der Waals surface area contributed by atoms with Crippen LogP contribution in [0.25, 0.3) is 11.3 Å². The predicted octanol–water partition coefficient (Wildman–Crippen LogP) is 4.56. The summed E-state index contributed by atoms with van der Waals surface area (Å²) in [7, 11) is -1.64. The number of benzene rings is 1. The summed E-state index contributed by atoms with van der Waals surface area (Å²) in [6, 6.07) is 7.68. The van der Waals surface area contributed by atoms with E-state index in [1.807, 2.05) is 43.5 Å². The van der Waals surface area contributed by atoms with E-state index in [0.29, 0.717) is 24.8 Å². The number of piperidine rings is 2. The lowest BCUT2D eigenvalue weighted by atomic mass is 9.65. The van der Waals surface area contributed by atoms with Crippen LogP contribution in [0.4, 0.5) is 5.13 Å². The smallest absolute Gasteiger partial charge is 0.240 e. The number of rotatable bonds is 8. The molecule has 2 saturated heterocycles. The third kappa shape index (κ3) is 7.10. The van der Waals surface area contributed by atoms with Crippen LogP contribution in [-0.2, 0) is 14.8 Å². The van der Waals surface area contributed by atoms with Crippen molar-refractivity contribution >= 4 is 32.4 Å². The van der Waals surface area contributed by atoms with Gasteiger partial charge in [-0.2, -0.15) is 0 Å². The van der Waals surface area contributed by atoms with E-state index in [2.05, 4.69) is 29.0 Å². The first-order valence-corrected chi connectivity index (χ1v) is 15.5. The maximum atomic E-state index is 13.1. The molecule has 0 unspecified atom stereocenters. The molecule has 204 valence electrons. The highest BCUT2D eigenvalue weighted by molar-refractivity contribution is 7.89. The highest BCUT2D eigenvalue weighted by Crippen LogP contribution is 2.47. The monoisotopic (exact) mass is 548 g/mol. The number of likely N-dealkylation sites (tertiary alicyclic amines) is 1. The van der Waals surface area contributed by atoms with E-state index in [4.69, 9.17) is 4.74 Å². The number of carbonyl (C=O) groups excluding carboxylic acids is 1. The fourth-order valence-corrected chi connectivity index (χ4v) is 8.67. The SMILES string of the molecule is COc1ccc(-c2csc(NC(=O)CN3CCC4(CC3)CN(S(=O)(=O)CC(C)C)CC(C)(C)C4)n2)cc1. The number of hydrogen-bond acceptors (Lipinski definition) is 7. The molecule has 0 atom stereocenters. The Labute approximate surface area is 225 Å². The summed E-state index contributed by atoms with van der Waals surface area (Å²) >= 11 is 1.41. The molecule has 1 amide bonds. The van der Waals surface area contributed by atoms with Crippen LogP contribution in [0.15, 0.2) is 29.6 Å². The van der Waals surface area contributed by atoms with Gasteiger partial charge in [0.05, 0.1) is 25.1 Å². The molecule has 2 fully saturated rings. The van der Waals surface area contributed by atoms with Crippen molar-refractivity contribution in [1.29, 1.82) is 0 Å². The molecule has 2 aliphatic heterocycles. The number of ether oxygens (including phenoxy) is 1. The average molecular weight is 549 g/mol. The Kier molecular flexibility index (Phi) is 8.33. The summed E-state index contributed by atoms with van der Waals surface area (Å²) in [5.41, 5.74) is 1.70. The van der Waals surface area contributed by atoms with Crippen LogP contribution in [-0.4, -0.2) is 74.1 Å². The second-order valence-corrected chi connectivity index (χ2v) is 14.7. The lowest BCUT2D eigenvalue weighted by molar-refractivity contribution is -0.118. The Bertz CT molecular complexity index is 1180. The maximum absolute atomic E-state index is 13.1. The molecule has 8 nitrogen and oxygen atoms in total. The van der Waals surface area contributed by atoms with Gasteiger partial charge >= 0.3 is 0 Å². The third-order valence-electron chi connectivity index (χ3n) is 7.33. The first kappa shape index (κ1) is 28.0. The summed E-state index contributed by atoms with van der Waals surface area (Å²) in [6.07, 6.45) is 2.81. The van der Waals surface area contributed by atoms with Crippen molar-refractivity contribution in [3.8, 4) is 17.0 Å². The molecule has 1 aromatic carbocycles. The summed E-state index contributed by atoms with van der Waals surface area (Å²) < 4.78 is 33.1. The molecule has 2 aliphatic rings. The van der Waals surface area contributed by atoms with Crippen molar-refractivity contribution in [1.82, 2.24) is 14.2 Å². The van der Waals surface area contributed by atoms with E-state index in [1.54, 1.807) is 11.4 Å². The van der Waals surface area contributed by atoms with E-state index >= 15 is 0 Å². The van der Waals surface area contributed by atoms with E-state index in [0.717, 1.165) is 49.4 Å². The van der Waals surface area contributed by atoms with E-state index in [-0.39, 0.29) is 28.4 Å². The number of methoxy groups -OCH3 is 1. The Morgan fingerprint density at radius 1 is 1.16 bits per heavy atom.